The van der Waals surface area contributed by atoms with E-state index in [2.05, 4.69) is 31.8 Å². The molecule has 1 saturated carbocycles. The zero-order valence-corrected chi connectivity index (χ0v) is 19.8. The van der Waals surface area contributed by atoms with Crippen LogP contribution in [0.5, 0.6) is 0 Å². The van der Waals surface area contributed by atoms with E-state index in [-0.39, 0.29) is 17.9 Å². The summed E-state index contributed by atoms with van der Waals surface area (Å²) in [7, 11) is 0. The number of piperazine rings is 2. The van der Waals surface area contributed by atoms with Crippen molar-refractivity contribution in [1.82, 2.24) is 20.0 Å². The van der Waals surface area contributed by atoms with Crippen LogP contribution in [0.2, 0.25) is 0 Å². The molecule has 1 N–H and O–H groups in total. The van der Waals surface area contributed by atoms with Gasteiger partial charge in [-0.3, -0.25) is 19.4 Å². The number of nitrogens with zero attached hydrogens (tertiary/aromatic N) is 4. The van der Waals surface area contributed by atoms with E-state index in [1.54, 1.807) is 0 Å². The SMILES string of the molecule is CCC(C)NC(=O)c1ccc(N2CCN(CC(=O)N3CCN(C4CCC4)CC3)CC2)cc1. The van der Waals surface area contributed by atoms with E-state index in [1.165, 1.54) is 19.3 Å². The highest BCUT2D eigenvalue weighted by molar-refractivity contribution is 5.94. The molecule has 1 aliphatic carbocycles. The predicted molar refractivity (Wildman–Crippen MR) is 128 cm³/mol. The fourth-order valence-electron chi connectivity index (χ4n) is 4.78. The number of carbonyl (C=O) groups excluding carboxylic acids is 2. The number of nitrogens with one attached hydrogen (secondary N) is 1. The van der Waals surface area contributed by atoms with Crippen molar-refractivity contribution in [3.05, 3.63) is 29.8 Å². The van der Waals surface area contributed by atoms with Crippen LogP contribution in [0.1, 0.15) is 49.9 Å². The summed E-state index contributed by atoms with van der Waals surface area (Å²) >= 11 is 0. The van der Waals surface area contributed by atoms with Crippen LogP contribution in [0.4, 0.5) is 5.69 Å². The molecule has 0 bridgehead atoms. The largest absolute Gasteiger partial charge is 0.369 e. The first-order chi connectivity index (χ1) is 15.5. The summed E-state index contributed by atoms with van der Waals surface area (Å²) < 4.78 is 0. The van der Waals surface area contributed by atoms with Crippen LogP contribution in [-0.2, 0) is 4.79 Å². The fraction of sp³-hybridized carbons (Fsp3) is 0.680. The third kappa shape index (κ3) is 5.62. The highest BCUT2D eigenvalue weighted by Crippen LogP contribution is 2.25. The molecule has 0 spiro atoms. The van der Waals surface area contributed by atoms with E-state index in [9.17, 15) is 9.59 Å². The highest BCUT2D eigenvalue weighted by Gasteiger charge is 2.30. The Hall–Kier alpha value is -2.12. The Morgan fingerprint density at radius 1 is 0.969 bits per heavy atom. The van der Waals surface area contributed by atoms with E-state index in [0.29, 0.717) is 12.1 Å². The van der Waals surface area contributed by atoms with Gasteiger partial charge in [0, 0.05) is 75.7 Å². The summed E-state index contributed by atoms with van der Waals surface area (Å²) in [5.41, 5.74) is 1.85. The van der Waals surface area contributed by atoms with E-state index in [1.807, 2.05) is 31.2 Å². The van der Waals surface area contributed by atoms with Crippen LogP contribution in [0, 0.1) is 0 Å². The van der Waals surface area contributed by atoms with Crippen LogP contribution < -0.4 is 10.2 Å². The number of benzene rings is 1. The standard InChI is InChI=1S/C25H39N5O2/c1-3-20(2)26-25(32)21-7-9-23(10-8-21)28-13-11-27(12-14-28)19-24(31)30-17-15-29(16-18-30)22-5-4-6-22/h7-10,20,22H,3-6,11-19H2,1-2H3,(H,26,32). The second kappa shape index (κ2) is 10.7. The lowest BCUT2D eigenvalue weighted by Crippen LogP contribution is -2.56. The van der Waals surface area contributed by atoms with Gasteiger partial charge in [-0.25, -0.2) is 0 Å². The Bertz CT molecular complexity index is 763. The average molecular weight is 442 g/mol. The summed E-state index contributed by atoms with van der Waals surface area (Å²) in [4.78, 5) is 34.3. The lowest BCUT2D eigenvalue weighted by molar-refractivity contribution is -0.134. The second-order valence-electron chi connectivity index (χ2n) is 9.59. The molecule has 1 aromatic rings. The van der Waals surface area contributed by atoms with Gasteiger partial charge in [0.05, 0.1) is 6.54 Å². The Balaban J connectivity index is 1.19. The Morgan fingerprint density at radius 3 is 2.19 bits per heavy atom. The Labute approximate surface area is 192 Å². The minimum absolute atomic E-state index is 0.0113. The monoisotopic (exact) mass is 441 g/mol. The lowest BCUT2D eigenvalue weighted by atomic mass is 9.91. The van der Waals surface area contributed by atoms with Crippen molar-refractivity contribution in [3.63, 3.8) is 0 Å². The first-order valence-corrected chi connectivity index (χ1v) is 12.4. The van der Waals surface area contributed by atoms with Crippen molar-refractivity contribution in [2.24, 2.45) is 0 Å². The van der Waals surface area contributed by atoms with Gasteiger partial charge in [-0.1, -0.05) is 13.3 Å². The van der Waals surface area contributed by atoms with Crippen molar-refractivity contribution in [3.8, 4) is 0 Å². The van der Waals surface area contributed by atoms with E-state index in [4.69, 9.17) is 0 Å². The van der Waals surface area contributed by atoms with Crippen molar-refractivity contribution >= 4 is 17.5 Å². The molecule has 2 heterocycles. The molecule has 1 atom stereocenters. The lowest BCUT2D eigenvalue weighted by Gasteiger charge is -2.43. The molecule has 1 unspecified atom stereocenters. The molecule has 1 aromatic carbocycles. The number of hydrogen-bond donors (Lipinski definition) is 1. The zero-order chi connectivity index (χ0) is 22.5. The molecule has 4 rings (SSSR count). The normalized spacial score (nSPS) is 21.8. The van der Waals surface area contributed by atoms with Crippen LogP contribution in [-0.4, -0.2) is 97.5 Å². The zero-order valence-electron chi connectivity index (χ0n) is 19.8. The van der Waals surface area contributed by atoms with Crippen molar-refractivity contribution in [2.45, 2.75) is 51.6 Å². The maximum absolute atomic E-state index is 12.8. The molecule has 3 aliphatic rings. The Kier molecular flexibility index (Phi) is 7.68. The molecule has 7 nitrogen and oxygen atoms in total. The number of rotatable bonds is 7. The maximum atomic E-state index is 12.8. The average Bonchev–Trinajstić information content (AvgIpc) is 2.79. The first kappa shape index (κ1) is 23.1. The van der Waals surface area contributed by atoms with E-state index >= 15 is 0 Å². The summed E-state index contributed by atoms with van der Waals surface area (Å²) in [6.45, 7) is 12.1. The van der Waals surface area contributed by atoms with Gasteiger partial charge < -0.3 is 15.1 Å². The minimum Gasteiger partial charge on any atom is -0.369 e. The molecule has 0 radical (unpaired) electrons. The summed E-state index contributed by atoms with van der Waals surface area (Å²) in [5, 5.41) is 3.01. The van der Waals surface area contributed by atoms with Gasteiger partial charge in [0.25, 0.3) is 5.91 Å². The Morgan fingerprint density at radius 2 is 1.62 bits per heavy atom. The molecule has 3 fully saturated rings. The quantitative estimate of drug-likeness (QED) is 0.702. The van der Waals surface area contributed by atoms with Gasteiger partial charge in [0.1, 0.15) is 0 Å². The molecule has 2 amide bonds. The van der Waals surface area contributed by atoms with E-state index < -0.39 is 0 Å². The number of amides is 2. The molecule has 32 heavy (non-hydrogen) atoms. The number of carbonyl (C=O) groups is 2. The van der Waals surface area contributed by atoms with Gasteiger partial charge in [-0.15, -0.1) is 0 Å². The molecule has 0 aromatic heterocycles. The molecular weight excluding hydrogens is 402 g/mol. The summed E-state index contributed by atoms with van der Waals surface area (Å²) in [6, 6.07) is 8.86. The highest BCUT2D eigenvalue weighted by atomic mass is 16.2. The van der Waals surface area contributed by atoms with E-state index in [0.717, 1.165) is 70.5 Å². The van der Waals surface area contributed by atoms with Crippen LogP contribution in [0.3, 0.4) is 0 Å². The molecule has 2 saturated heterocycles. The molecule has 7 heteroatoms. The minimum atomic E-state index is -0.0113. The van der Waals surface area contributed by atoms with Gasteiger partial charge in [0.15, 0.2) is 0 Å². The predicted octanol–water partition coefficient (Wildman–Crippen LogP) is 2.03. The topological polar surface area (TPSA) is 59.1 Å². The van der Waals surface area contributed by atoms with Gasteiger partial charge in [-0.2, -0.15) is 0 Å². The molecule has 2 aliphatic heterocycles. The molecule has 176 valence electrons. The number of hydrogen-bond acceptors (Lipinski definition) is 5. The van der Waals surface area contributed by atoms with Crippen molar-refractivity contribution in [2.75, 3.05) is 63.8 Å². The third-order valence-corrected chi connectivity index (χ3v) is 7.47. The summed E-state index contributed by atoms with van der Waals surface area (Å²) in [6.07, 6.45) is 4.97. The first-order valence-electron chi connectivity index (χ1n) is 12.4. The van der Waals surface area contributed by atoms with Crippen LogP contribution >= 0.6 is 0 Å². The molecular formula is C25H39N5O2. The number of anilines is 1. The van der Waals surface area contributed by atoms with Crippen molar-refractivity contribution < 1.29 is 9.59 Å². The smallest absolute Gasteiger partial charge is 0.251 e. The van der Waals surface area contributed by atoms with Crippen LogP contribution in [0.15, 0.2) is 24.3 Å². The van der Waals surface area contributed by atoms with Crippen LogP contribution in [0.25, 0.3) is 0 Å². The second-order valence-corrected chi connectivity index (χ2v) is 9.59. The fourth-order valence-corrected chi connectivity index (χ4v) is 4.78. The summed E-state index contributed by atoms with van der Waals surface area (Å²) in [5.74, 6) is 0.270. The van der Waals surface area contributed by atoms with Gasteiger partial charge in [0.2, 0.25) is 5.91 Å². The third-order valence-electron chi connectivity index (χ3n) is 7.47. The van der Waals surface area contributed by atoms with Crippen molar-refractivity contribution in [1.29, 1.82) is 0 Å². The van der Waals surface area contributed by atoms with Gasteiger partial charge >= 0.3 is 0 Å². The van der Waals surface area contributed by atoms with Gasteiger partial charge in [-0.05, 0) is 50.5 Å². The maximum Gasteiger partial charge on any atom is 0.251 e.